The van der Waals surface area contributed by atoms with E-state index in [4.69, 9.17) is 37.4 Å². The van der Waals surface area contributed by atoms with E-state index < -0.39 is 0 Å². The summed E-state index contributed by atoms with van der Waals surface area (Å²) in [5.74, 6) is 0.175. The first-order chi connectivity index (χ1) is 15.3. The second kappa shape index (κ2) is 10.7. The Kier molecular flexibility index (Phi) is 8.22. The van der Waals surface area contributed by atoms with Crippen LogP contribution in [0.5, 0.6) is 5.75 Å². The first kappa shape index (κ1) is 24.6. The third kappa shape index (κ3) is 4.96. The van der Waals surface area contributed by atoms with Crippen molar-refractivity contribution in [3.63, 3.8) is 0 Å². The molecule has 1 aromatic heterocycles. The SMILES string of the molecule is COCCC[C@H](OC)c1cc(Cl)c2c(c1Cl)C(=O)N(Cc1c(OC)cc(C)[nH]c1=O)CC2. The number of carbonyl (C=O) groups is 1. The van der Waals surface area contributed by atoms with Crippen molar-refractivity contribution in [2.75, 3.05) is 34.5 Å². The average molecular weight is 483 g/mol. The summed E-state index contributed by atoms with van der Waals surface area (Å²) < 4.78 is 16.1. The Balaban J connectivity index is 1.96. The molecule has 1 amide bonds. The van der Waals surface area contributed by atoms with Gasteiger partial charge in [0.05, 0.1) is 35.9 Å². The zero-order chi connectivity index (χ0) is 23.4. The van der Waals surface area contributed by atoms with Gasteiger partial charge in [0, 0.05) is 43.7 Å². The highest BCUT2D eigenvalue weighted by Crippen LogP contribution is 2.39. The van der Waals surface area contributed by atoms with E-state index in [9.17, 15) is 9.59 Å². The van der Waals surface area contributed by atoms with Gasteiger partial charge >= 0.3 is 0 Å². The van der Waals surface area contributed by atoms with E-state index in [2.05, 4.69) is 4.98 Å². The van der Waals surface area contributed by atoms with Crippen molar-refractivity contribution in [3.05, 3.63) is 60.5 Å². The largest absolute Gasteiger partial charge is 0.496 e. The predicted octanol–water partition coefficient (Wildman–Crippen LogP) is 4.31. The van der Waals surface area contributed by atoms with Crippen LogP contribution in [0.1, 0.15) is 51.7 Å². The number of rotatable bonds is 9. The van der Waals surface area contributed by atoms with E-state index in [0.717, 1.165) is 12.0 Å². The number of methoxy groups -OCH3 is 3. The predicted molar refractivity (Wildman–Crippen MR) is 124 cm³/mol. The zero-order valence-electron chi connectivity index (χ0n) is 18.7. The van der Waals surface area contributed by atoms with Crippen LogP contribution in [-0.4, -0.2) is 50.3 Å². The van der Waals surface area contributed by atoms with Gasteiger partial charge in [-0.25, -0.2) is 0 Å². The van der Waals surface area contributed by atoms with Crippen LogP contribution in [0.15, 0.2) is 16.9 Å². The summed E-state index contributed by atoms with van der Waals surface area (Å²) in [7, 11) is 4.75. The number of fused-ring (bicyclic) bond motifs is 1. The molecule has 1 N–H and O–H groups in total. The van der Waals surface area contributed by atoms with E-state index in [-0.39, 0.29) is 24.1 Å². The van der Waals surface area contributed by atoms with Crippen LogP contribution < -0.4 is 10.3 Å². The molecule has 1 atom stereocenters. The molecule has 174 valence electrons. The van der Waals surface area contributed by atoms with Crippen LogP contribution in [0.4, 0.5) is 0 Å². The van der Waals surface area contributed by atoms with Gasteiger partial charge in [0.2, 0.25) is 0 Å². The van der Waals surface area contributed by atoms with Crippen molar-refractivity contribution in [1.29, 1.82) is 0 Å². The number of pyridine rings is 1. The number of halogens is 2. The fourth-order valence-electron chi connectivity index (χ4n) is 4.06. The van der Waals surface area contributed by atoms with Crippen molar-refractivity contribution in [3.8, 4) is 5.75 Å². The fraction of sp³-hybridized carbons (Fsp3) is 0.478. The molecule has 1 aromatic carbocycles. The van der Waals surface area contributed by atoms with Crippen molar-refractivity contribution in [2.24, 2.45) is 0 Å². The molecule has 0 fully saturated rings. The summed E-state index contributed by atoms with van der Waals surface area (Å²) >= 11 is 13.3. The number of H-pyrrole nitrogens is 1. The van der Waals surface area contributed by atoms with Crippen LogP contribution in [0, 0.1) is 6.92 Å². The maximum Gasteiger partial charge on any atom is 0.256 e. The minimum Gasteiger partial charge on any atom is -0.496 e. The lowest BCUT2D eigenvalue weighted by Crippen LogP contribution is -2.39. The highest BCUT2D eigenvalue weighted by Gasteiger charge is 2.32. The van der Waals surface area contributed by atoms with Gasteiger partial charge in [0.25, 0.3) is 11.5 Å². The Morgan fingerprint density at radius 2 is 1.94 bits per heavy atom. The summed E-state index contributed by atoms with van der Waals surface area (Å²) in [6.45, 7) is 2.89. The molecular weight excluding hydrogens is 455 g/mol. The first-order valence-corrected chi connectivity index (χ1v) is 11.2. The molecular formula is C23H28Cl2N2O5. The maximum atomic E-state index is 13.5. The van der Waals surface area contributed by atoms with Gasteiger partial charge in [0.1, 0.15) is 5.75 Å². The van der Waals surface area contributed by atoms with Gasteiger partial charge in [-0.2, -0.15) is 0 Å². The molecule has 9 heteroatoms. The van der Waals surface area contributed by atoms with E-state index in [0.29, 0.717) is 64.2 Å². The Morgan fingerprint density at radius 1 is 1.19 bits per heavy atom. The van der Waals surface area contributed by atoms with Crippen LogP contribution in [0.2, 0.25) is 10.0 Å². The summed E-state index contributed by atoms with van der Waals surface area (Å²) in [6.07, 6.45) is 1.67. The monoisotopic (exact) mass is 482 g/mol. The Morgan fingerprint density at radius 3 is 2.59 bits per heavy atom. The minimum absolute atomic E-state index is 0.108. The molecule has 32 heavy (non-hydrogen) atoms. The standard InChI is InChI=1S/C23H28Cl2N2O5/c1-13-10-19(32-4)16(22(28)26-13)12-27-8-7-14-17(24)11-15(21(25)20(14)23(27)29)18(31-3)6-5-9-30-2/h10-11,18H,5-9,12H2,1-4H3,(H,26,28)/t18-/m0/s1. The minimum atomic E-state index is -0.316. The molecule has 7 nitrogen and oxygen atoms in total. The average Bonchev–Trinajstić information content (AvgIpc) is 2.76. The van der Waals surface area contributed by atoms with Gasteiger partial charge in [0.15, 0.2) is 0 Å². The smallest absolute Gasteiger partial charge is 0.256 e. The van der Waals surface area contributed by atoms with Crippen molar-refractivity contribution >= 4 is 29.1 Å². The number of benzene rings is 1. The number of carbonyl (C=O) groups excluding carboxylic acids is 1. The zero-order valence-corrected chi connectivity index (χ0v) is 20.2. The second-order valence-corrected chi connectivity index (χ2v) is 8.56. The normalized spacial score (nSPS) is 14.4. The van der Waals surface area contributed by atoms with Gasteiger partial charge in [-0.3, -0.25) is 9.59 Å². The third-order valence-corrected chi connectivity index (χ3v) is 6.47. The lowest BCUT2D eigenvalue weighted by molar-refractivity contribution is 0.0721. The molecule has 3 rings (SSSR count). The molecule has 0 saturated carbocycles. The molecule has 0 spiro atoms. The van der Waals surface area contributed by atoms with Crippen molar-refractivity contribution < 1.29 is 19.0 Å². The molecule has 0 saturated heterocycles. The molecule has 0 aliphatic carbocycles. The van der Waals surface area contributed by atoms with Gasteiger partial charge < -0.3 is 24.1 Å². The number of aromatic amines is 1. The number of nitrogens with zero attached hydrogens (tertiary/aromatic N) is 1. The highest BCUT2D eigenvalue weighted by molar-refractivity contribution is 6.37. The Bertz CT molecular complexity index is 1050. The van der Waals surface area contributed by atoms with Crippen molar-refractivity contribution in [1.82, 2.24) is 9.88 Å². The lowest BCUT2D eigenvalue weighted by atomic mass is 9.93. The summed E-state index contributed by atoms with van der Waals surface area (Å²) in [5.41, 5.74) is 2.56. The number of amides is 1. The number of hydrogen-bond donors (Lipinski definition) is 1. The number of aromatic nitrogens is 1. The maximum absolute atomic E-state index is 13.5. The van der Waals surface area contributed by atoms with Gasteiger partial charge in [-0.05, 0) is 43.9 Å². The lowest BCUT2D eigenvalue weighted by Gasteiger charge is -2.31. The van der Waals surface area contributed by atoms with E-state index >= 15 is 0 Å². The molecule has 0 bridgehead atoms. The summed E-state index contributed by atoms with van der Waals surface area (Å²) in [6, 6.07) is 3.53. The molecule has 0 unspecified atom stereocenters. The van der Waals surface area contributed by atoms with Crippen LogP contribution >= 0.6 is 23.2 Å². The van der Waals surface area contributed by atoms with Gasteiger partial charge in [-0.1, -0.05) is 23.2 Å². The van der Waals surface area contributed by atoms with E-state index in [1.54, 1.807) is 38.2 Å². The third-order valence-electron chi connectivity index (χ3n) is 5.72. The second-order valence-electron chi connectivity index (χ2n) is 7.78. The fourth-order valence-corrected chi connectivity index (χ4v) is 4.74. The van der Waals surface area contributed by atoms with Crippen LogP contribution in [-0.2, 0) is 22.4 Å². The molecule has 1 aliphatic heterocycles. The highest BCUT2D eigenvalue weighted by atomic mass is 35.5. The molecule has 2 heterocycles. The summed E-state index contributed by atoms with van der Waals surface area (Å²) in [5, 5.41) is 0.833. The molecule has 0 radical (unpaired) electrons. The number of nitrogens with one attached hydrogen (secondary N) is 1. The van der Waals surface area contributed by atoms with Crippen LogP contribution in [0.3, 0.4) is 0 Å². The van der Waals surface area contributed by atoms with Crippen molar-refractivity contribution in [2.45, 2.75) is 38.8 Å². The molecule has 2 aromatic rings. The number of ether oxygens (including phenoxy) is 3. The molecule has 1 aliphatic rings. The quantitative estimate of drug-likeness (QED) is 0.538. The topological polar surface area (TPSA) is 80.9 Å². The Labute approximate surface area is 197 Å². The number of hydrogen-bond acceptors (Lipinski definition) is 5. The van der Waals surface area contributed by atoms with E-state index in [1.807, 2.05) is 0 Å². The summed E-state index contributed by atoms with van der Waals surface area (Å²) in [4.78, 5) is 30.4. The van der Waals surface area contributed by atoms with Crippen LogP contribution in [0.25, 0.3) is 0 Å². The number of aryl methyl sites for hydroxylation is 1. The first-order valence-electron chi connectivity index (χ1n) is 10.4. The van der Waals surface area contributed by atoms with Gasteiger partial charge in [-0.15, -0.1) is 0 Å². The van der Waals surface area contributed by atoms with E-state index in [1.165, 1.54) is 7.11 Å². The Hall–Kier alpha value is -2.06.